The summed E-state index contributed by atoms with van der Waals surface area (Å²) in [4.78, 5) is 0. The highest BCUT2D eigenvalue weighted by Gasteiger charge is 2.05. The number of nitrogens with one attached hydrogen (secondary N) is 1. The van der Waals surface area contributed by atoms with Crippen LogP contribution < -0.4 is 11.1 Å². The molecule has 5 heteroatoms. The Morgan fingerprint density at radius 1 is 0.941 bits per heavy atom. The van der Waals surface area contributed by atoms with Crippen LogP contribution in [0.5, 0.6) is 0 Å². The van der Waals surface area contributed by atoms with E-state index >= 15 is 0 Å². The van der Waals surface area contributed by atoms with Crippen LogP contribution in [0.25, 0.3) is 0 Å². The van der Waals surface area contributed by atoms with Gasteiger partial charge in [0.2, 0.25) is 0 Å². The van der Waals surface area contributed by atoms with Crippen molar-refractivity contribution in [2.45, 2.75) is 0 Å². The Morgan fingerprint density at radius 3 is 2.29 bits per heavy atom. The molecule has 2 aromatic carbocycles. The molecule has 0 bridgehead atoms. The van der Waals surface area contributed by atoms with Crippen molar-refractivity contribution in [1.82, 2.24) is 0 Å². The molecule has 0 saturated carbocycles. The van der Waals surface area contributed by atoms with E-state index < -0.39 is 0 Å². The minimum absolute atomic E-state index is 0.352. The highest BCUT2D eigenvalue weighted by Crippen LogP contribution is 2.29. The number of hydrogen-bond acceptors (Lipinski definition) is 2. The molecule has 3 N–H and O–H groups in total. The maximum atomic E-state index is 13.0. The number of benzene rings is 2. The molecule has 0 spiro atoms. The summed E-state index contributed by atoms with van der Waals surface area (Å²) in [5.41, 5.74) is 7.17. The third-order valence-corrected chi connectivity index (χ3v) is 2.87. The van der Waals surface area contributed by atoms with E-state index in [1.807, 2.05) is 0 Å². The lowest BCUT2D eigenvalue weighted by molar-refractivity contribution is 0.626. The van der Waals surface area contributed by atoms with Crippen molar-refractivity contribution in [2.24, 2.45) is 0 Å². The normalized spacial score (nSPS) is 10.3. The number of halogens is 3. The Morgan fingerprint density at radius 2 is 1.59 bits per heavy atom. The van der Waals surface area contributed by atoms with E-state index in [0.717, 1.165) is 0 Å². The molecule has 0 aliphatic heterocycles. The zero-order valence-corrected chi connectivity index (χ0v) is 10.3. The first kappa shape index (κ1) is 11.9. The second-order valence-electron chi connectivity index (χ2n) is 3.48. The fourth-order valence-corrected chi connectivity index (χ4v) is 1.82. The second kappa shape index (κ2) is 4.71. The van der Waals surface area contributed by atoms with Crippen LogP contribution in [0.1, 0.15) is 0 Å². The lowest BCUT2D eigenvalue weighted by atomic mass is 10.2. The average molecular weight is 299 g/mol. The van der Waals surface area contributed by atoms with Crippen LogP contribution >= 0.6 is 15.9 Å². The molecule has 0 aromatic heterocycles. The Labute approximate surface area is 106 Å². The molecule has 0 unspecified atom stereocenters. The van der Waals surface area contributed by atoms with Gasteiger partial charge in [-0.05, 0) is 52.3 Å². The van der Waals surface area contributed by atoms with Gasteiger partial charge in [-0.1, -0.05) is 0 Å². The van der Waals surface area contributed by atoms with Gasteiger partial charge in [-0.25, -0.2) is 8.78 Å². The van der Waals surface area contributed by atoms with Crippen molar-refractivity contribution >= 4 is 33.0 Å². The maximum absolute atomic E-state index is 13.0. The molecule has 0 aliphatic rings. The molecule has 0 heterocycles. The van der Waals surface area contributed by atoms with Gasteiger partial charge < -0.3 is 11.1 Å². The quantitative estimate of drug-likeness (QED) is 0.821. The van der Waals surface area contributed by atoms with Crippen LogP contribution in [0, 0.1) is 11.6 Å². The van der Waals surface area contributed by atoms with E-state index in [2.05, 4.69) is 21.2 Å². The molecule has 0 radical (unpaired) electrons. The van der Waals surface area contributed by atoms with E-state index in [-0.39, 0.29) is 11.6 Å². The molecule has 0 fully saturated rings. The second-order valence-corrected chi connectivity index (χ2v) is 4.34. The minimum Gasteiger partial charge on any atom is -0.397 e. The Balaban J connectivity index is 2.34. The molecule has 2 rings (SSSR count). The van der Waals surface area contributed by atoms with E-state index in [1.165, 1.54) is 30.3 Å². The molecule has 2 nitrogen and oxygen atoms in total. The topological polar surface area (TPSA) is 38.0 Å². The Bertz CT molecular complexity index is 558. The van der Waals surface area contributed by atoms with Crippen molar-refractivity contribution in [3.05, 3.63) is 52.5 Å². The average Bonchev–Trinajstić information content (AvgIpc) is 2.27. The number of rotatable bonds is 2. The van der Waals surface area contributed by atoms with Gasteiger partial charge in [0.1, 0.15) is 11.6 Å². The lowest BCUT2D eigenvalue weighted by Crippen LogP contribution is -1.97. The lowest BCUT2D eigenvalue weighted by Gasteiger charge is -2.11. The fourth-order valence-electron chi connectivity index (χ4n) is 1.37. The molecule has 0 aliphatic carbocycles. The summed E-state index contributed by atoms with van der Waals surface area (Å²) in [6.07, 6.45) is 0. The van der Waals surface area contributed by atoms with Crippen molar-refractivity contribution < 1.29 is 8.78 Å². The van der Waals surface area contributed by atoms with Crippen LogP contribution in [0.15, 0.2) is 40.9 Å². The highest BCUT2D eigenvalue weighted by atomic mass is 79.9. The largest absolute Gasteiger partial charge is 0.397 e. The standard InChI is InChI=1S/C12H9BrF2N2/c13-9-5-7(14)2-4-11(9)17-12-6-8(15)1-3-10(12)16/h1-6,17H,16H2. The first-order valence-electron chi connectivity index (χ1n) is 4.83. The first-order chi connectivity index (χ1) is 8.06. The molecule has 0 atom stereocenters. The monoisotopic (exact) mass is 298 g/mol. The number of anilines is 3. The molecule has 2 aromatic rings. The molecular weight excluding hydrogens is 290 g/mol. The summed E-state index contributed by atoms with van der Waals surface area (Å²) in [6, 6.07) is 8.20. The van der Waals surface area contributed by atoms with Gasteiger partial charge in [0.15, 0.2) is 0 Å². The molecular formula is C12H9BrF2N2. The van der Waals surface area contributed by atoms with Gasteiger partial charge in [0, 0.05) is 4.47 Å². The Hall–Kier alpha value is -1.62. The van der Waals surface area contributed by atoms with Crippen molar-refractivity contribution in [1.29, 1.82) is 0 Å². The van der Waals surface area contributed by atoms with Crippen molar-refractivity contribution in [3.8, 4) is 0 Å². The molecule has 0 amide bonds. The van der Waals surface area contributed by atoms with Gasteiger partial charge in [-0.15, -0.1) is 0 Å². The van der Waals surface area contributed by atoms with Crippen LogP contribution in [-0.2, 0) is 0 Å². The summed E-state index contributed by atoms with van der Waals surface area (Å²) in [6.45, 7) is 0. The summed E-state index contributed by atoms with van der Waals surface area (Å²) in [5, 5.41) is 2.93. The van der Waals surface area contributed by atoms with Gasteiger partial charge >= 0.3 is 0 Å². The summed E-state index contributed by atoms with van der Waals surface area (Å²) >= 11 is 3.21. The van der Waals surface area contributed by atoms with Gasteiger partial charge in [-0.3, -0.25) is 0 Å². The van der Waals surface area contributed by atoms with Crippen LogP contribution in [0.3, 0.4) is 0 Å². The predicted molar refractivity (Wildman–Crippen MR) is 68.2 cm³/mol. The number of nitrogens with two attached hydrogens (primary N) is 1. The van der Waals surface area contributed by atoms with Crippen molar-refractivity contribution in [2.75, 3.05) is 11.1 Å². The zero-order chi connectivity index (χ0) is 12.4. The third kappa shape index (κ3) is 2.74. The molecule has 0 saturated heterocycles. The van der Waals surface area contributed by atoms with E-state index in [0.29, 0.717) is 21.5 Å². The van der Waals surface area contributed by atoms with E-state index in [4.69, 9.17) is 5.73 Å². The number of nitrogen functional groups attached to an aromatic ring is 1. The first-order valence-corrected chi connectivity index (χ1v) is 5.62. The fraction of sp³-hybridized carbons (Fsp3) is 0. The summed E-state index contributed by atoms with van der Waals surface area (Å²) in [5.74, 6) is -0.741. The van der Waals surface area contributed by atoms with Crippen LogP contribution in [0.2, 0.25) is 0 Å². The molecule has 17 heavy (non-hydrogen) atoms. The predicted octanol–water partition coefficient (Wildman–Crippen LogP) is 4.05. The summed E-state index contributed by atoms with van der Waals surface area (Å²) < 4.78 is 26.5. The molecule has 88 valence electrons. The van der Waals surface area contributed by atoms with Gasteiger partial charge in [0.05, 0.1) is 17.1 Å². The Kier molecular flexibility index (Phi) is 3.28. The minimum atomic E-state index is -0.389. The maximum Gasteiger partial charge on any atom is 0.125 e. The highest BCUT2D eigenvalue weighted by molar-refractivity contribution is 9.10. The van der Waals surface area contributed by atoms with Crippen molar-refractivity contribution in [3.63, 3.8) is 0 Å². The summed E-state index contributed by atoms with van der Waals surface area (Å²) in [7, 11) is 0. The third-order valence-electron chi connectivity index (χ3n) is 2.22. The smallest absolute Gasteiger partial charge is 0.125 e. The van der Waals surface area contributed by atoms with Gasteiger partial charge in [-0.2, -0.15) is 0 Å². The van der Waals surface area contributed by atoms with E-state index in [9.17, 15) is 8.78 Å². The van der Waals surface area contributed by atoms with Gasteiger partial charge in [0.25, 0.3) is 0 Å². The zero-order valence-electron chi connectivity index (χ0n) is 8.68. The SMILES string of the molecule is Nc1ccc(F)cc1Nc1ccc(F)cc1Br. The number of hydrogen-bond donors (Lipinski definition) is 2. The van der Waals surface area contributed by atoms with E-state index in [1.54, 1.807) is 6.07 Å². The van der Waals surface area contributed by atoms with Crippen LogP contribution in [-0.4, -0.2) is 0 Å². The van der Waals surface area contributed by atoms with Crippen LogP contribution in [0.4, 0.5) is 25.8 Å².